The predicted octanol–water partition coefficient (Wildman–Crippen LogP) is 4.99. The average molecular weight is 308 g/mol. The lowest BCUT2D eigenvalue weighted by molar-refractivity contribution is 0.688. The van der Waals surface area contributed by atoms with Crippen molar-refractivity contribution >= 4 is 17.6 Å². The Hall–Kier alpha value is -0.770. The van der Waals surface area contributed by atoms with Gasteiger partial charge in [0, 0.05) is 29.5 Å². The van der Waals surface area contributed by atoms with Crippen molar-refractivity contribution in [2.75, 3.05) is 11.9 Å². The molecule has 1 aliphatic carbocycles. The fourth-order valence-corrected chi connectivity index (χ4v) is 3.49. The molecular weight excluding hydrogens is 278 g/mol. The highest BCUT2D eigenvalue weighted by Gasteiger charge is 2.20. The molecule has 1 aromatic heterocycles. The van der Waals surface area contributed by atoms with Crippen LogP contribution >= 0.6 is 11.8 Å². The quantitative estimate of drug-likeness (QED) is 0.734. The summed E-state index contributed by atoms with van der Waals surface area (Å²) in [6.07, 6.45) is 7.62. The van der Waals surface area contributed by atoms with E-state index in [0.717, 1.165) is 30.4 Å². The van der Waals surface area contributed by atoms with Crippen LogP contribution in [0.1, 0.15) is 76.7 Å². The third kappa shape index (κ3) is 5.17. The molecule has 4 heteroatoms. The molecule has 0 bridgehead atoms. The Kier molecular flexibility index (Phi) is 6.81. The first-order chi connectivity index (χ1) is 10.2. The van der Waals surface area contributed by atoms with Crippen LogP contribution < -0.4 is 5.32 Å². The van der Waals surface area contributed by atoms with Crippen molar-refractivity contribution in [2.24, 2.45) is 0 Å². The average Bonchev–Trinajstić information content (AvgIpc) is 3.04. The Morgan fingerprint density at radius 2 is 2.05 bits per heavy atom. The van der Waals surface area contributed by atoms with Gasteiger partial charge in [0.1, 0.15) is 11.6 Å². The Morgan fingerprint density at radius 3 is 2.71 bits per heavy atom. The second-order valence-corrected chi connectivity index (χ2v) is 7.46. The van der Waals surface area contributed by atoms with E-state index in [1.165, 1.54) is 37.8 Å². The van der Waals surface area contributed by atoms with Crippen LogP contribution in [0.15, 0.2) is 6.07 Å². The van der Waals surface area contributed by atoms with E-state index < -0.39 is 0 Å². The van der Waals surface area contributed by atoms with Crippen LogP contribution in [0.2, 0.25) is 0 Å². The Bertz CT molecular complexity index is 430. The van der Waals surface area contributed by atoms with E-state index in [1.807, 2.05) is 11.8 Å². The van der Waals surface area contributed by atoms with E-state index in [-0.39, 0.29) is 0 Å². The van der Waals surface area contributed by atoms with Gasteiger partial charge in [-0.1, -0.05) is 33.6 Å². The van der Waals surface area contributed by atoms with Crippen LogP contribution in [0.5, 0.6) is 0 Å². The Labute approximate surface area is 133 Å². The van der Waals surface area contributed by atoms with Gasteiger partial charge in [-0.05, 0) is 25.7 Å². The first-order valence-corrected chi connectivity index (χ1v) is 9.51. The number of aromatic nitrogens is 2. The molecule has 1 saturated carbocycles. The number of nitrogens with zero attached hydrogens (tertiary/aromatic N) is 2. The maximum Gasteiger partial charge on any atom is 0.140 e. The molecule has 1 heterocycles. The largest absolute Gasteiger partial charge is 0.370 e. The summed E-state index contributed by atoms with van der Waals surface area (Å²) in [5.74, 6) is 3.61. The summed E-state index contributed by atoms with van der Waals surface area (Å²) in [7, 11) is 0. The number of nitrogens with one attached hydrogen (secondary N) is 1. The van der Waals surface area contributed by atoms with Crippen molar-refractivity contribution in [3.8, 4) is 0 Å². The molecule has 1 aliphatic rings. The van der Waals surface area contributed by atoms with Gasteiger partial charge in [0.05, 0.1) is 5.75 Å². The Balaban J connectivity index is 2.11. The lowest BCUT2D eigenvalue weighted by atomic mass is 10.0. The predicted molar refractivity (Wildman–Crippen MR) is 93.1 cm³/mol. The zero-order valence-corrected chi connectivity index (χ0v) is 14.5. The van der Waals surface area contributed by atoms with Gasteiger partial charge in [-0.25, -0.2) is 9.97 Å². The van der Waals surface area contributed by atoms with E-state index in [2.05, 4.69) is 32.2 Å². The summed E-state index contributed by atoms with van der Waals surface area (Å²) in [6, 6.07) is 2.18. The SMILES string of the molecule is CCCNc1cc(C2CCCC2)nc(CSC(C)CC)n1. The molecule has 0 aromatic carbocycles. The topological polar surface area (TPSA) is 37.8 Å². The molecule has 1 N–H and O–H groups in total. The van der Waals surface area contributed by atoms with Gasteiger partial charge < -0.3 is 5.32 Å². The molecule has 0 amide bonds. The van der Waals surface area contributed by atoms with E-state index in [4.69, 9.17) is 9.97 Å². The zero-order chi connectivity index (χ0) is 15.1. The molecule has 2 rings (SSSR count). The summed E-state index contributed by atoms with van der Waals surface area (Å²) in [5, 5.41) is 4.12. The minimum absolute atomic E-state index is 0.655. The van der Waals surface area contributed by atoms with Gasteiger partial charge in [-0.3, -0.25) is 0 Å². The fourth-order valence-electron chi connectivity index (χ4n) is 2.69. The van der Waals surface area contributed by atoms with Crippen LogP contribution in [0.25, 0.3) is 0 Å². The zero-order valence-electron chi connectivity index (χ0n) is 13.7. The first kappa shape index (κ1) is 16.6. The molecule has 0 aliphatic heterocycles. The van der Waals surface area contributed by atoms with Crippen LogP contribution in [-0.4, -0.2) is 21.8 Å². The molecule has 1 aromatic rings. The van der Waals surface area contributed by atoms with Crippen LogP contribution in [0.3, 0.4) is 0 Å². The number of anilines is 1. The molecule has 0 saturated heterocycles. The molecule has 0 radical (unpaired) electrons. The summed E-state index contributed by atoms with van der Waals surface area (Å²) < 4.78 is 0. The lowest BCUT2D eigenvalue weighted by Crippen LogP contribution is -2.09. The van der Waals surface area contributed by atoms with Crippen LogP contribution in [0.4, 0.5) is 5.82 Å². The molecule has 1 unspecified atom stereocenters. The second kappa shape index (κ2) is 8.62. The van der Waals surface area contributed by atoms with Crippen molar-refractivity contribution < 1.29 is 0 Å². The van der Waals surface area contributed by atoms with Crippen molar-refractivity contribution in [3.05, 3.63) is 17.6 Å². The summed E-state index contributed by atoms with van der Waals surface area (Å²) in [6.45, 7) is 7.69. The number of thioether (sulfide) groups is 1. The highest BCUT2D eigenvalue weighted by atomic mass is 32.2. The van der Waals surface area contributed by atoms with Crippen molar-refractivity contribution in [1.29, 1.82) is 0 Å². The van der Waals surface area contributed by atoms with Crippen molar-refractivity contribution in [1.82, 2.24) is 9.97 Å². The van der Waals surface area contributed by atoms with Crippen LogP contribution in [-0.2, 0) is 5.75 Å². The van der Waals surface area contributed by atoms with Gasteiger partial charge in [0.25, 0.3) is 0 Å². The maximum absolute atomic E-state index is 4.86. The van der Waals surface area contributed by atoms with E-state index in [0.29, 0.717) is 11.2 Å². The van der Waals surface area contributed by atoms with Gasteiger partial charge in [-0.2, -0.15) is 11.8 Å². The number of rotatable bonds is 8. The molecule has 3 nitrogen and oxygen atoms in total. The monoisotopic (exact) mass is 307 g/mol. The molecule has 1 atom stereocenters. The standard InChI is InChI=1S/C17H29N3S/c1-4-10-18-16-11-15(14-8-6-7-9-14)19-17(20-16)12-21-13(3)5-2/h11,13-14H,4-10,12H2,1-3H3,(H,18,19,20). The highest BCUT2D eigenvalue weighted by Crippen LogP contribution is 2.34. The first-order valence-electron chi connectivity index (χ1n) is 8.46. The fraction of sp³-hybridized carbons (Fsp3) is 0.765. The Morgan fingerprint density at radius 1 is 1.29 bits per heavy atom. The minimum Gasteiger partial charge on any atom is -0.370 e. The van der Waals surface area contributed by atoms with E-state index in [1.54, 1.807) is 0 Å². The van der Waals surface area contributed by atoms with Gasteiger partial charge in [-0.15, -0.1) is 0 Å². The van der Waals surface area contributed by atoms with Crippen molar-refractivity contribution in [2.45, 2.75) is 76.2 Å². The van der Waals surface area contributed by atoms with Gasteiger partial charge in [0.2, 0.25) is 0 Å². The summed E-state index contributed by atoms with van der Waals surface area (Å²) in [4.78, 5) is 9.56. The third-order valence-corrected chi connectivity index (χ3v) is 5.52. The minimum atomic E-state index is 0.655. The second-order valence-electron chi connectivity index (χ2n) is 6.03. The highest BCUT2D eigenvalue weighted by molar-refractivity contribution is 7.99. The smallest absolute Gasteiger partial charge is 0.140 e. The molecule has 0 spiro atoms. The maximum atomic E-state index is 4.86. The van der Waals surface area contributed by atoms with Crippen LogP contribution in [0, 0.1) is 0 Å². The number of hydrogen-bond donors (Lipinski definition) is 1. The van der Waals surface area contributed by atoms with E-state index >= 15 is 0 Å². The molecule has 118 valence electrons. The molecular formula is C17H29N3S. The molecule has 21 heavy (non-hydrogen) atoms. The summed E-state index contributed by atoms with van der Waals surface area (Å²) >= 11 is 1.96. The lowest BCUT2D eigenvalue weighted by Gasteiger charge is -2.14. The van der Waals surface area contributed by atoms with Gasteiger partial charge in [0.15, 0.2) is 0 Å². The van der Waals surface area contributed by atoms with Crippen molar-refractivity contribution in [3.63, 3.8) is 0 Å². The summed E-state index contributed by atoms with van der Waals surface area (Å²) in [5.41, 5.74) is 1.26. The van der Waals surface area contributed by atoms with Gasteiger partial charge >= 0.3 is 0 Å². The third-order valence-electron chi connectivity index (χ3n) is 4.19. The molecule has 1 fully saturated rings. The normalized spacial score (nSPS) is 17.1. The van der Waals surface area contributed by atoms with E-state index in [9.17, 15) is 0 Å². The number of hydrogen-bond acceptors (Lipinski definition) is 4.